The fourth-order valence-corrected chi connectivity index (χ4v) is 5.07. The number of benzene rings is 1. The van der Waals surface area contributed by atoms with Gasteiger partial charge >= 0.3 is 6.03 Å². The summed E-state index contributed by atoms with van der Waals surface area (Å²) in [5.41, 5.74) is 2.66. The topological polar surface area (TPSA) is 78.5 Å². The molecule has 31 heavy (non-hydrogen) atoms. The summed E-state index contributed by atoms with van der Waals surface area (Å²) in [5.74, 6) is -0.0295. The lowest BCUT2D eigenvalue weighted by atomic mass is 9.65. The highest BCUT2D eigenvalue weighted by molar-refractivity contribution is 6.09. The Kier molecular flexibility index (Phi) is 6.49. The third kappa shape index (κ3) is 4.63. The Balaban J connectivity index is 1.63. The van der Waals surface area contributed by atoms with Crippen molar-refractivity contribution < 1.29 is 14.4 Å². The highest BCUT2D eigenvalue weighted by atomic mass is 16.2. The molecule has 1 saturated carbocycles. The van der Waals surface area contributed by atoms with E-state index in [9.17, 15) is 14.4 Å². The molecule has 0 bridgehead atoms. The molecule has 1 aliphatic heterocycles. The molecule has 1 atom stereocenters. The van der Waals surface area contributed by atoms with Gasteiger partial charge < -0.3 is 10.6 Å². The van der Waals surface area contributed by atoms with Gasteiger partial charge in [0.15, 0.2) is 0 Å². The molecule has 6 heteroatoms. The molecule has 4 amide bonds. The second-order valence-electron chi connectivity index (χ2n) is 10.2. The Morgan fingerprint density at radius 2 is 1.90 bits per heavy atom. The summed E-state index contributed by atoms with van der Waals surface area (Å²) in [6.45, 7) is 12.5. The van der Waals surface area contributed by atoms with Gasteiger partial charge in [0, 0.05) is 0 Å². The smallest absolute Gasteiger partial charge is 0.325 e. The van der Waals surface area contributed by atoms with Crippen LogP contribution in [0.2, 0.25) is 0 Å². The predicted molar refractivity (Wildman–Crippen MR) is 121 cm³/mol. The molecule has 1 aromatic carbocycles. The zero-order chi connectivity index (χ0) is 23.0. The van der Waals surface area contributed by atoms with Gasteiger partial charge in [0.05, 0.1) is 6.04 Å². The third-order valence-corrected chi connectivity index (χ3v) is 7.68. The Labute approximate surface area is 186 Å². The van der Waals surface area contributed by atoms with Gasteiger partial charge in [-0.3, -0.25) is 14.5 Å². The first-order valence-electron chi connectivity index (χ1n) is 11.5. The molecule has 2 fully saturated rings. The number of carbonyl (C=O) groups is 3. The lowest BCUT2D eigenvalue weighted by molar-refractivity contribution is -0.136. The monoisotopic (exact) mass is 427 g/mol. The number of imide groups is 1. The Morgan fingerprint density at radius 1 is 1.26 bits per heavy atom. The van der Waals surface area contributed by atoms with Crippen LogP contribution < -0.4 is 10.6 Å². The maximum Gasteiger partial charge on any atom is 0.325 e. The highest BCUT2D eigenvalue weighted by Crippen LogP contribution is 2.45. The van der Waals surface area contributed by atoms with Crippen LogP contribution in [0.5, 0.6) is 0 Å². The number of nitrogens with one attached hydrogen (secondary N) is 2. The molecule has 0 aromatic heterocycles. The first-order valence-corrected chi connectivity index (χ1v) is 11.5. The van der Waals surface area contributed by atoms with Crippen molar-refractivity contribution in [1.29, 1.82) is 0 Å². The molecule has 1 saturated heterocycles. The number of aryl methyl sites for hydroxylation is 2. The van der Waals surface area contributed by atoms with Crippen LogP contribution in [-0.4, -0.2) is 34.8 Å². The van der Waals surface area contributed by atoms with Gasteiger partial charge in [0.2, 0.25) is 5.91 Å². The van der Waals surface area contributed by atoms with Crippen molar-refractivity contribution in [3.05, 3.63) is 34.9 Å². The van der Waals surface area contributed by atoms with Crippen LogP contribution in [0.3, 0.4) is 0 Å². The van der Waals surface area contributed by atoms with E-state index >= 15 is 0 Å². The first kappa shape index (κ1) is 23.3. The number of carbonyl (C=O) groups excluding carboxylic acids is 3. The second kappa shape index (κ2) is 8.64. The largest absolute Gasteiger partial charge is 0.348 e. The Morgan fingerprint density at radius 3 is 2.52 bits per heavy atom. The molecule has 2 aliphatic rings. The van der Waals surface area contributed by atoms with E-state index in [0.717, 1.165) is 40.9 Å². The summed E-state index contributed by atoms with van der Waals surface area (Å²) >= 11 is 0. The molecule has 0 radical (unpaired) electrons. The van der Waals surface area contributed by atoms with Crippen LogP contribution in [0, 0.1) is 25.2 Å². The van der Waals surface area contributed by atoms with Gasteiger partial charge in [-0.25, -0.2) is 4.79 Å². The summed E-state index contributed by atoms with van der Waals surface area (Å²) in [6.07, 6.45) is 4.20. The van der Waals surface area contributed by atoms with Crippen molar-refractivity contribution in [2.45, 2.75) is 85.2 Å². The van der Waals surface area contributed by atoms with Gasteiger partial charge in [-0.1, -0.05) is 51.0 Å². The van der Waals surface area contributed by atoms with Gasteiger partial charge in [-0.15, -0.1) is 0 Å². The van der Waals surface area contributed by atoms with Crippen molar-refractivity contribution >= 4 is 17.8 Å². The molecule has 1 spiro atoms. The third-order valence-electron chi connectivity index (χ3n) is 7.68. The minimum atomic E-state index is -0.837. The number of hydrogen-bond acceptors (Lipinski definition) is 3. The summed E-state index contributed by atoms with van der Waals surface area (Å²) in [6, 6.07) is 5.47. The number of amides is 4. The van der Waals surface area contributed by atoms with Crippen LogP contribution in [0.15, 0.2) is 18.2 Å². The van der Waals surface area contributed by atoms with Crippen molar-refractivity contribution in [3.8, 4) is 0 Å². The van der Waals surface area contributed by atoms with E-state index in [1.807, 2.05) is 32.9 Å². The molecule has 1 aliphatic carbocycles. The van der Waals surface area contributed by atoms with Crippen LogP contribution in [0.4, 0.5) is 4.79 Å². The number of rotatable bonds is 6. The molecular weight excluding hydrogens is 390 g/mol. The molecule has 1 heterocycles. The Bertz CT molecular complexity index is 869. The minimum absolute atomic E-state index is 0.200. The average Bonchev–Trinajstić information content (AvgIpc) is 2.94. The normalized spacial score (nSPS) is 25.0. The summed E-state index contributed by atoms with van der Waals surface area (Å²) in [7, 11) is 0. The molecule has 3 rings (SSSR count). The molecule has 170 valence electrons. The van der Waals surface area contributed by atoms with E-state index in [1.54, 1.807) is 0 Å². The van der Waals surface area contributed by atoms with E-state index in [4.69, 9.17) is 0 Å². The number of nitrogens with zero attached hydrogens (tertiary/aromatic N) is 1. The van der Waals surface area contributed by atoms with Crippen LogP contribution >= 0.6 is 0 Å². The number of urea groups is 1. The fourth-order valence-electron chi connectivity index (χ4n) is 5.07. The Hall–Kier alpha value is -2.37. The zero-order valence-corrected chi connectivity index (χ0v) is 19.8. The molecular formula is C25H37N3O3. The maximum absolute atomic E-state index is 13.2. The standard InChI is InChI=1S/C25H37N3O3/c1-7-24(5,6)19-10-12-25(13-11-19)22(30)28(23(31)27-25)15-21(29)26-18(4)20-14-16(2)8-9-17(20)3/h8-9,14,18-19H,7,10-13,15H2,1-6H3,(H,26,29)(H,27,31). The van der Waals surface area contributed by atoms with Gasteiger partial charge in [0.25, 0.3) is 5.91 Å². The van der Waals surface area contributed by atoms with Gasteiger partial charge in [0.1, 0.15) is 12.1 Å². The van der Waals surface area contributed by atoms with E-state index in [0.29, 0.717) is 18.8 Å². The summed E-state index contributed by atoms with van der Waals surface area (Å²) < 4.78 is 0. The lowest BCUT2D eigenvalue weighted by Gasteiger charge is -2.42. The van der Waals surface area contributed by atoms with Crippen LogP contribution in [0.1, 0.15) is 82.5 Å². The van der Waals surface area contributed by atoms with E-state index < -0.39 is 11.6 Å². The van der Waals surface area contributed by atoms with Crippen LogP contribution in [-0.2, 0) is 9.59 Å². The summed E-state index contributed by atoms with van der Waals surface area (Å²) in [4.78, 5) is 39.5. The second-order valence-corrected chi connectivity index (χ2v) is 10.2. The predicted octanol–water partition coefficient (Wildman–Crippen LogP) is 4.40. The minimum Gasteiger partial charge on any atom is -0.348 e. The van der Waals surface area contributed by atoms with E-state index in [2.05, 4.69) is 37.5 Å². The number of hydrogen-bond donors (Lipinski definition) is 2. The fraction of sp³-hybridized carbons (Fsp3) is 0.640. The lowest BCUT2D eigenvalue weighted by Crippen LogP contribution is -2.51. The molecule has 2 N–H and O–H groups in total. The van der Waals surface area contributed by atoms with Crippen molar-refractivity contribution in [2.75, 3.05) is 6.54 Å². The molecule has 1 unspecified atom stereocenters. The molecule has 1 aromatic rings. The molecule has 6 nitrogen and oxygen atoms in total. The average molecular weight is 428 g/mol. The quantitative estimate of drug-likeness (QED) is 0.661. The maximum atomic E-state index is 13.2. The zero-order valence-electron chi connectivity index (χ0n) is 19.8. The first-order chi connectivity index (χ1) is 14.5. The van der Waals surface area contributed by atoms with Crippen molar-refractivity contribution in [1.82, 2.24) is 15.5 Å². The SMILES string of the molecule is CCC(C)(C)C1CCC2(CC1)NC(=O)N(CC(=O)NC(C)c1cc(C)ccc1C)C2=O. The van der Waals surface area contributed by atoms with Crippen molar-refractivity contribution in [2.24, 2.45) is 11.3 Å². The highest BCUT2D eigenvalue weighted by Gasteiger charge is 2.53. The summed E-state index contributed by atoms with van der Waals surface area (Å²) in [5, 5.41) is 5.87. The van der Waals surface area contributed by atoms with E-state index in [1.165, 1.54) is 0 Å². The van der Waals surface area contributed by atoms with E-state index in [-0.39, 0.29) is 29.8 Å². The van der Waals surface area contributed by atoms with Gasteiger partial charge in [-0.2, -0.15) is 0 Å². The van der Waals surface area contributed by atoms with Gasteiger partial charge in [-0.05, 0) is 68.9 Å². The van der Waals surface area contributed by atoms with Crippen LogP contribution in [0.25, 0.3) is 0 Å². The van der Waals surface area contributed by atoms with Crippen molar-refractivity contribution in [3.63, 3.8) is 0 Å².